The predicted molar refractivity (Wildman–Crippen MR) is 102 cm³/mol. The number of ether oxygens (including phenoxy) is 1. The van der Waals surface area contributed by atoms with Crippen molar-refractivity contribution in [3.8, 4) is 5.75 Å². The lowest BCUT2D eigenvalue weighted by Crippen LogP contribution is -2.13. The molecule has 3 nitrogen and oxygen atoms in total. The molecule has 1 aromatic heterocycles. The van der Waals surface area contributed by atoms with Crippen LogP contribution in [-0.4, -0.2) is 4.98 Å². The van der Waals surface area contributed by atoms with Gasteiger partial charge in [0, 0.05) is 46.7 Å². The van der Waals surface area contributed by atoms with Gasteiger partial charge in [0.25, 0.3) is 0 Å². The molecule has 25 heavy (non-hydrogen) atoms. The van der Waals surface area contributed by atoms with Gasteiger partial charge < -0.3 is 10.1 Å². The van der Waals surface area contributed by atoms with Gasteiger partial charge in [-0.3, -0.25) is 4.98 Å². The van der Waals surface area contributed by atoms with Crippen molar-refractivity contribution in [2.75, 3.05) is 0 Å². The normalized spacial score (nSPS) is 10.6. The van der Waals surface area contributed by atoms with E-state index in [-0.39, 0.29) is 0 Å². The number of hydrogen-bond donors (Lipinski definition) is 1. The molecule has 0 amide bonds. The van der Waals surface area contributed by atoms with Gasteiger partial charge in [-0.1, -0.05) is 53.5 Å². The standard InChI is InChI=1S/C20H18Cl2N2O/c21-18-8-7-17(19(22)10-18)14-25-20-6-2-1-5-16(20)13-24-12-15-4-3-9-23-11-15/h1-11,24H,12-14H2. The molecule has 2 aromatic carbocycles. The molecule has 0 aliphatic carbocycles. The van der Waals surface area contributed by atoms with Crippen molar-refractivity contribution in [2.24, 2.45) is 0 Å². The van der Waals surface area contributed by atoms with Gasteiger partial charge in [-0.25, -0.2) is 0 Å². The average Bonchev–Trinajstić information content (AvgIpc) is 2.63. The minimum Gasteiger partial charge on any atom is -0.489 e. The predicted octanol–water partition coefficient (Wildman–Crippen LogP) is 5.26. The molecule has 0 spiro atoms. The van der Waals surface area contributed by atoms with Crippen molar-refractivity contribution in [2.45, 2.75) is 19.7 Å². The van der Waals surface area contributed by atoms with Crippen LogP contribution in [0.3, 0.4) is 0 Å². The third-order valence-corrected chi connectivity index (χ3v) is 4.33. The van der Waals surface area contributed by atoms with E-state index in [1.807, 2.05) is 48.7 Å². The number of rotatable bonds is 7. The molecule has 0 aliphatic rings. The van der Waals surface area contributed by atoms with Gasteiger partial charge in [0.1, 0.15) is 12.4 Å². The van der Waals surface area contributed by atoms with Crippen LogP contribution < -0.4 is 10.1 Å². The highest BCUT2D eigenvalue weighted by Crippen LogP contribution is 2.24. The zero-order chi connectivity index (χ0) is 17.5. The fourth-order valence-corrected chi connectivity index (χ4v) is 2.89. The van der Waals surface area contributed by atoms with Gasteiger partial charge in [0.05, 0.1) is 0 Å². The number of hydrogen-bond acceptors (Lipinski definition) is 3. The number of pyridine rings is 1. The van der Waals surface area contributed by atoms with Gasteiger partial charge in [-0.05, 0) is 29.8 Å². The molecule has 1 heterocycles. The van der Waals surface area contributed by atoms with Crippen molar-refractivity contribution in [1.29, 1.82) is 0 Å². The third kappa shape index (κ3) is 5.20. The topological polar surface area (TPSA) is 34.1 Å². The Labute approximate surface area is 157 Å². The molecule has 0 saturated heterocycles. The summed E-state index contributed by atoms with van der Waals surface area (Å²) >= 11 is 12.1. The SMILES string of the molecule is Clc1ccc(COc2ccccc2CNCc2cccnc2)c(Cl)c1. The van der Waals surface area contributed by atoms with E-state index in [1.54, 1.807) is 12.3 Å². The van der Waals surface area contributed by atoms with Crippen molar-refractivity contribution in [1.82, 2.24) is 10.3 Å². The van der Waals surface area contributed by atoms with Crippen molar-refractivity contribution >= 4 is 23.2 Å². The van der Waals surface area contributed by atoms with Crippen LogP contribution >= 0.6 is 23.2 Å². The molecule has 0 fully saturated rings. The Morgan fingerprint density at radius 2 is 1.80 bits per heavy atom. The van der Waals surface area contributed by atoms with Crippen LogP contribution in [0.2, 0.25) is 10.0 Å². The first kappa shape index (κ1) is 17.7. The van der Waals surface area contributed by atoms with E-state index in [0.29, 0.717) is 23.2 Å². The molecule has 3 aromatic rings. The van der Waals surface area contributed by atoms with Crippen LogP contribution in [0, 0.1) is 0 Å². The molecule has 5 heteroatoms. The van der Waals surface area contributed by atoms with E-state index in [1.165, 1.54) is 0 Å². The third-order valence-electron chi connectivity index (χ3n) is 3.74. The molecule has 0 unspecified atom stereocenters. The monoisotopic (exact) mass is 372 g/mol. The van der Waals surface area contributed by atoms with Gasteiger partial charge in [-0.2, -0.15) is 0 Å². The zero-order valence-corrected chi connectivity index (χ0v) is 15.1. The maximum Gasteiger partial charge on any atom is 0.124 e. The number of halogens is 2. The Kier molecular flexibility index (Phi) is 6.29. The summed E-state index contributed by atoms with van der Waals surface area (Å²) in [6.45, 7) is 1.86. The van der Waals surface area contributed by atoms with Gasteiger partial charge in [0.15, 0.2) is 0 Å². The molecular formula is C20H18Cl2N2O. The fourth-order valence-electron chi connectivity index (χ4n) is 2.43. The minimum absolute atomic E-state index is 0.398. The van der Waals surface area contributed by atoms with Crippen LogP contribution in [-0.2, 0) is 19.7 Å². The summed E-state index contributed by atoms with van der Waals surface area (Å²) < 4.78 is 5.97. The first-order valence-corrected chi connectivity index (χ1v) is 8.72. The van der Waals surface area contributed by atoms with Crippen LogP contribution in [0.1, 0.15) is 16.7 Å². The Hall–Kier alpha value is -2.07. The van der Waals surface area contributed by atoms with Gasteiger partial charge >= 0.3 is 0 Å². The summed E-state index contributed by atoms with van der Waals surface area (Å²) in [6, 6.07) is 17.4. The van der Waals surface area contributed by atoms with Crippen LogP contribution in [0.4, 0.5) is 0 Å². The van der Waals surface area contributed by atoms with E-state index in [9.17, 15) is 0 Å². The molecule has 0 radical (unpaired) electrons. The fraction of sp³-hybridized carbons (Fsp3) is 0.150. The van der Waals surface area contributed by atoms with E-state index in [0.717, 1.165) is 29.0 Å². The number of nitrogens with one attached hydrogen (secondary N) is 1. The maximum absolute atomic E-state index is 6.20. The lowest BCUT2D eigenvalue weighted by Gasteiger charge is -2.13. The van der Waals surface area contributed by atoms with Gasteiger partial charge in [0.2, 0.25) is 0 Å². The molecule has 0 bridgehead atoms. The second-order valence-electron chi connectivity index (χ2n) is 5.60. The highest BCUT2D eigenvalue weighted by Gasteiger charge is 2.06. The summed E-state index contributed by atoms with van der Waals surface area (Å²) in [4.78, 5) is 4.12. The lowest BCUT2D eigenvalue weighted by molar-refractivity contribution is 0.302. The van der Waals surface area contributed by atoms with E-state index >= 15 is 0 Å². The molecule has 3 rings (SSSR count). The molecule has 0 atom stereocenters. The lowest BCUT2D eigenvalue weighted by atomic mass is 10.2. The van der Waals surface area contributed by atoms with Crippen LogP contribution in [0.15, 0.2) is 67.0 Å². The van der Waals surface area contributed by atoms with E-state index in [2.05, 4.69) is 16.4 Å². The Bertz CT molecular complexity index is 825. The number of nitrogens with zero attached hydrogens (tertiary/aromatic N) is 1. The Balaban J connectivity index is 1.60. The van der Waals surface area contributed by atoms with E-state index in [4.69, 9.17) is 27.9 Å². The molecule has 1 N–H and O–H groups in total. The second-order valence-corrected chi connectivity index (χ2v) is 6.44. The quantitative estimate of drug-likeness (QED) is 0.614. The van der Waals surface area contributed by atoms with Gasteiger partial charge in [-0.15, -0.1) is 0 Å². The van der Waals surface area contributed by atoms with Crippen molar-refractivity contribution in [3.63, 3.8) is 0 Å². The molecular weight excluding hydrogens is 355 g/mol. The number of aromatic nitrogens is 1. The van der Waals surface area contributed by atoms with Crippen LogP contribution in [0.5, 0.6) is 5.75 Å². The minimum atomic E-state index is 0.398. The zero-order valence-electron chi connectivity index (χ0n) is 13.6. The molecule has 0 aliphatic heterocycles. The summed E-state index contributed by atoms with van der Waals surface area (Å²) in [6.07, 6.45) is 3.63. The Morgan fingerprint density at radius 1 is 0.920 bits per heavy atom. The number of para-hydroxylation sites is 1. The van der Waals surface area contributed by atoms with Crippen molar-refractivity contribution < 1.29 is 4.74 Å². The number of benzene rings is 2. The first-order chi connectivity index (χ1) is 12.2. The van der Waals surface area contributed by atoms with Crippen molar-refractivity contribution in [3.05, 3.63) is 93.7 Å². The van der Waals surface area contributed by atoms with Crippen LogP contribution in [0.25, 0.3) is 0 Å². The molecule has 128 valence electrons. The maximum atomic E-state index is 6.20. The summed E-state index contributed by atoms with van der Waals surface area (Å²) in [5.74, 6) is 0.840. The largest absolute Gasteiger partial charge is 0.489 e. The second kappa shape index (κ2) is 8.86. The average molecular weight is 373 g/mol. The smallest absolute Gasteiger partial charge is 0.124 e. The highest BCUT2D eigenvalue weighted by molar-refractivity contribution is 6.35. The van der Waals surface area contributed by atoms with E-state index < -0.39 is 0 Å². The highest BCUT2D eigenvalue weighted by atomic mass is 35.5. The summed E-state index contributed by atoms with van der Waals surface area (Å²) in [7, 11) is 0. The summed E-state index contributed by atoms with van der Waals surface area (Å²) in [5, 5.41) is 4.64. The molecule has 0 saturated carbocycles. The Morgan fingerprint density at radius 3 is 2.60 bits per heavy atom. The first-order valence-electron chi connectivity index (χ1n) is 7.96. The summed E-state index contributed by atoms with van der Waals surface area (Å²) in [5.41, 5.74) is 3.15.